The second-order valence-corrected chi connectivity index (χ2v) is 4.92. The van der Waals surface area contributed by atoms with Crippen LogP contribution in [0.25, 0.3) is 0 Å². The molecular weight excluding hydrogens is 280 g/mol. The van der Waals surface area contributed by atoms with Gasteiger partial charge in [0.05, 0.1) is 12.2 Å². The van der Waals surface area contributed by atoms with Gasteiger partial charge < -0.3 is 10.1 Å². The van der Waals surface area contributed by atoms with E-state index in [0.717, 1.165) is 11.1 Å². The number of hydrogen-bond acceptors (Lipinski definition) is 6. The summed E-state index contributed by atoms with van der Waals surface area (Å²) < 4.78 is 5.14. The van der Waals surface area contributed by atoms with E-state index in [9.17, 15) is 4.79 Å². The first-order valence-corrected chi connectivity index (χ1v) is 7.01. The van der Waals surface area contributed by atoms with Gasteiger partial charge in [0, 0.05) is 5.70 Å². The Kier molecular flexibility index (Phi) is 4.79. The van der Waals surface area contributed by atoms with Crippen LogP contribution in [0.15, 0.2) is 40.5 Å². The van der Waals surface area contributed by atoms with E-state index in [1.54, 1.807) is 13.8 Å². The zero-order chi connectivity index (χ0) is 16.1. The van der Waals surface area contributed by atoms with Crippen molar-refractivity contribution in [3.8, 4) is 6.19 Å². The third-order valence-corrected chi connectivity index (χ3v) is 3.27. The maximum absolute atomic E-state index is 12.3. The number of benzene rings is 1. The molecule has 0 saturated carbocycles. The lowest BCUT2D eigenvalue weighted by atomic mass is 9.95. The molecule has 1 unspecified atom stereocenters. The van der Waals surface area contributed by atoms with Gasteiger partial charge in [0.15, 0.2) is 6.19 Å². The highest BCUT2D eigenvalue weighted by Crippen LogP contribution is 2.31. The average Bonchev–Trinajstić information content (AvgIpc) is 2.47. The number of aliphatic imine (C=N–C) groups is 1. The summed E-state index contributed by atoms with van der Waals surface area (Å²) in [5.74, 6) is -0.0849. The minimum absolute atomic E-state index is 0.295. The highest BCUT2D eigenvalue weighted by molar-refractivity contribution is 5.95. The molecule has 1 atom stereocenters. The van der Waals surface area contributed by atoms with Crippen LogP contribution in [0.5, 0.6) is 0 Å². The summed E-state index contributed by atoms with van der Waals surface area (Å²) in [4.78, 5) is 16.7. The lowest BCUT2D eigenvalue weighted by molar-refractivity contribution is -0.138. The van der Waals surface area contributed by atoms with Gasteiger partial charge in [0.2, 0.25) is 5.96 Å². The number of nitrogens with zero attached hydrogens (tertiary/aromatic N) is 2. The number of ether oxygens (including phenoxy) is 1. The molecule has 0 aromatic heterocycles. The fraction of sp³-hybridized carbons (Fsp3) is 0.312. The Balaban J connectivity index is 2.48. The maximum Gasteiger partial charge on any atom is 0.338 e. The number of nitrogens with one attached hydrogen (secondary N) is 2. The van der Waals surface area contributed by atoms with Gasteiger partial charge in [-0.15, -0.1) is 0 Å². The first kappa shape index (κ1) is 15.6. The lowest BCUT2D eigenvalue weighted by Gasteiger charge is -2.25. The van der Waals surface area contributed by atoms with Crippen molar-refractivity contribution in [2.24, 2.45) is 4.99 Å². The number of esters is 1. The number of carbonyl (C=O) groups excluding carboxylic acids is 1. The Morgan fingerprint density at radius 3 is 2.91 bits per heavy atom. The molecule has 0 amide bonds. The zero-order valence-corrected chi connectivity index (χ0v) is 12.8. The monoisotopic (exact) mass is 298 g/mol. The van der Waals surface area contributed by atoms with Gasteiger partial charge in [-0.25, -0.2) is 9.79 Å². The molecule has 2 N–H and O–H groups in total. The molecule has 6 heteroatoms. The number of rotatable bonds is 3. The van der Waals surface area contributed by atoms with Gasteiger partial charge in [-0.3, -0.25) is 5.32 Å². The van der Waals surface area contributed by atoms with Gasteiger partial charge in [0.25, 0.3) is 0 Å². The van der Waals surface area contributed by atoms with E-state index in [-0.39, 0.29) is 0 Å². The Labute approximate surface area is 129 Å². The molecule has 22 heavy (non-hydrogen) atoms. The first-order valence-electron chi connectivity index (χ1n) is 7.01. The lowest BCUT2D eigenvalue weighted by Crippen LogP contribution is -2.39. The predicted molar refractivity (Wildman–Crippen MR) is 82.6 cm³/mol. The normalized spacial score (nSPS) is 17.2. The fourth-order valence-corrected chi connectivity index (χ4v) is 2.35. The Morgan fingerprint density at radius 1 is 1.50 bits per heavy atom. The second-order valence-electron chi connectivity index (χ2n) is 4.92. The van der Waals surface area contributed by atoms with E-state index in [1.165, 1.54) is 0 Å². The summed E-state index contributed by atoms with van der Waals surface area (Å²) in [5, 5.41) is 14.2. The largest absolute Gasteiger partial charge is 0.463 e. The summed E-state index contributed by atoms with van der Waals surface area (Å²) >= 11 is 0. The molecule has 1 aromatic rings. The standard InChI is InChI=1S/C16H18N4O2/c1-4-22-15(21)13-11(3)19-16(18-9-17)20-14(13)12-7-5-6-10(2)8-12/h5-8,14H,4H2,1-3H3,(H2,18,19,20). The predicted octanol–water partition coefficient (Wildman–Crippen LogP) is 1.90. The second kappa shape index (κ2) is 6.76. The van der Waals surface area contributed by atoms with Gasteiger partial charge >= 0.3 is 5.97 Å². The van der Waals surface area contributed by atoms with Crippen LogP contribution in [0.4, 0.5) is 0 Å². The summed E-state index contributed by atoms with van der Waals surface area (Å²) in [5.41, 5.74) is 3.02. The molecule has 6 nitrogen and oxygen atoms in total. The minimum atomic E-state index is -0.504. The zero-order valence-electron chi connectivity index (χ0n) is 12.8. The maximum atomic E-state index is 12.3. The van der Waals surface area contributed by atoms with Crippen LogP contribution in [-0.4, -0.2) is 18.5 Å². The molecule has 1 aliphatic rings. The Hall–Kier alpha value is -2.81. The van der Waals surface area contributed by atoms with Crippen LogP contribution in [0.1, 0.15) is 31.0 Å². The third kappa shape index (κ3) is 3.26. The van der Waals surface area contributed by atoms with E-state index in [0.29, 0.717) is 23.8 Å². The van der Waals surface area contributed by atoms with Gasteiger partial charge in [-0.1, -0.05) is 29.8 Å². The number of allylic oxidation sites excluding steroid dienone is 1. The number of carbonyl (C=O) groups is 1. The Morgan fingerprint density at radius 2 is 2.27 bits per heavy atom. The summed E-state index contributed by atoms with van der Waals surface area (Å²) in [6, 6.07) is 7.26. The van der Waals surface area contributed by atoms with Crippen molar-refractivity contribution in [2.75, 3.05) is 6.61 Å². The quantitative estimate of drug-likeness (QED) is 0.505. The highest BCUT2D eigenvalue weighted by atomic mass is 16.5. The Bertz CT molecular complexity index is 686. The van der Waals surface area contributed by atoms with Crippen molar-refractivity contribution in [2.45, 2.75) is 26.8 Å². The molecule has 1 aliphatic heterocycles. The third-order valence-electron chi connectivity index (χ3n) is 3.27. The summed E-state index contributed by atoms with van der Waals surface area (Å²) in [6.07, 6.45) is 1.83. The summed E-state index contributed by atoms with van der Waals surface area (Å²) in [6.45, 7) is 5.80. The number of aryl methyl sites for hydroxylation is 1. The van der Waals surface area contributed by atoms with E-state index in [1.807, 2.05) is 37.4 Å². The molecule has 0 radical (unpaired) electrons. The van der Waals surface area contributed by atoms with Crippen LogP contribution in [0, 0.1) is 18.4 Å². The van der Waals surface area contributed by atoms with Gasteiger partial charge in [-0.2, -0.15) is 5.26 Å². The SMILES string of the molecule is CCOC(=O)C1=C(C)NC(NC#N)=NC1c1cccc(C)c1. The van der Waals surface area contributed by atoms with Crippen molar-refractivity contribution in [3.05, 3.63) is 46.7 Å². The molecule has 2 rings (SSSR count). The highest BCUT2D eigenvalue weighted by Gasteiger charge is 2.30. The minimum Gasteiger partial charge on any atom is -0.463 e. The van der Waals surface area contributed by atoms with Crippen molar-refractivity contribution >= 4 is 11.9 Å². The van der Waals surface area contributed by atoms with E-state index in [4.69, 9.17) is 10.00 Å². The van der Waals surface area contributed by atoms with Gasteiger partial charge in [-0.05, 0) is 26.3 Å². The van der Waals surface area contributed by atoms with Crippen molar-refractivity contribution in [3.63, 3.8) is 0 Å². The van der Waals surface area contributed by atoms with Crippen LogP contribution in [0.2, 0.25) is 0 Å². The fourth-order valence-electron chi connectivity index (χ4n) is 2.35. The van der Waals surface area contributed by atoms with Crippen LogP contribution in [-0.2, 0) is 9.53 Å². The molecule has 114 valence electrons. The van der Waals surface area contributed by atoms with E-state index in [2.05, 4.69) is 15.6 Å². The van der Waals surface area contributed by atoms with E-state index >= 15 is 0 Å². The van der Waals surface area contributed by atoms with Crippen LogP contribution < -0.4 is 10.6 Å². The van der Waals surface area contributed by atoms with E-state index < -0.39 is 12.0 Å². The van der Waals surface area contributed by atoms with Crippen molar-refractivity contribution in [1.82, 2.24) is 10.6 Å². The van der Waals surface area contributed by atoms with Crippen LogP contribution in [0.3, 0.4) is 0 Å². The molecule has 0 bridgehead atoms. The van der Waals surface area contributed by atoms with Gasteiger partial charge in [0.1, 0.15) is 6.04 Å². The molecule has 0 spiro atoms. The summed E-state index contributed by atoms with van der Waals surface area (Å²) in [7, 11) is 0. The molecule has 0 fully saturated rings. The molecule has 1 aromatic carbocycles. The molecule has 0 saturated heterocycles. The number of nitriles is 1. The molecule has 0 aliphatic carbocycles. The smallest absolute Gasteiger partial charge is 0.338 e. The van der Waals surface area contributed by atoms with Crippen molar-refractivity contribution < 1.29 is 9.53 Å². The topological polar surface area (TPSA) is 86.5 Å². The number of guanidine groups is 1. The molecular formula is C16H18N4O2. The first-order chi connectivity index (χ1) is 10.6. The number of hydrogen-bond donors (Lipinski definition) is 2. The molecule has 1 heterocycles. The average molecular weight is 298 g/mol. The van der Waals surface area contributed by atoms with Crippen LogP contribution >= 0.6 is 0 Å². The van der Waals surface area contributed by atoms with Crippen molar-refractivity contribution in [1.29, 1.82) is 5.26 Å².